The molecule has 2 aromatic rings. The van der Waals surface area contributed by atoms with Gasteiger partial charge in [0.15, 0.2) is 5.75 Å². The number of aliphatic hydroxyl groups excluding tert-OH is 1. The summed E-state index contributed by atoms with van der Waals surface area (Å²) in [4.78, 5) is 12.1. The molecule has 1 N–H and O–H groups in total. The molecular formula is C14H10ClNO4S. The van der Waals surface area contributed by atoms with Gasteiger partial charge in [0, 0.05) is 16.0 Å². The van der Waals surface area contributed by atoms with Gasteiger partial charge >= 0.3 is 5.69 Å². The molecular weight excluding hydrogens is 314 g/mol. The van der Waals surface area contributed by atoms with Crippen molar-refractivity contribution >= 4 is 28.6 Å². The maximum Gasteiger partial charge on any atom is 0.312 e. The second-order valence-corrected chi connectivity index (χ2v) is 5.49. The van der Waals surface area contributed by atoms with Gasteiger partial charge in [-0.2, -0.15) is 0 Å². The molecule has 1 heterocycles. The molecule has 0 saturated carbocycles. The summed E-state index contributed by atoms with van der Waals surface area (Å²) in [5, 5.41) is 19.8. The second-order valence-electron chi connectivity index (χ2n) is 3.88. The smallest absolute Gasteiger partial charge is 0.312 e. The van der Waals surface area contributed by atoms with E-state index < -0.39 is 4.92 Å². The lowest BCUT2D eigenvalue weighted by Crippen LogP contribution is -1.97. The third kappa shape index (κ3) is 4.20. The van der Waals surface area contributed by atoms with Crippen LogP contribution in [-0.4, -0.2) is 16.6 Å². The zero-order chi connectivity index (χ0) is 15.2. The van der Waals surface area contributed by atoms with Crippen molar-refractivity contribution in [2.24, 2.45) is 0 Å². The Kier molecular flexibility index (Phi) is 5.17. The summed E-state index contributed by atoms with van der Waals surface area (Å²) in [6.07, 6.45) is 0. The normalized spacial score (nSPS) is 9.81. The fourth-order valence-corrected chi connectivity index (χ4v) is 2.52. The van der Waals surface area contributed by atoms with Gasteiger partial charge in [-0.3, -0.25) is 10.1 Å². The summed E-state index contributed by atoms with van der Waals surface area (Å²) in [6, 6.07) is 7.90. The van der Waals surface area contributed by atoms with Crippen LogP contribution in [0.3, 0.4) is 0 Å². The van der Waals surface area contributed by atoms with Crippen molar-refractivity contribution in [3.8, 4) is 17.6 Å². The molecule has 21 heavy (non-hydrogen) atoms. The Labute approximate surface area is 129 Å². The minimum atomic E-state index is -0.534. The molecule has 0 fully saturated rings. The summed E-state index contributed by atoms with van der Waals surface area (Å²) in [5.41, 5.74) is -0.167. The minimum Gasteiger partial charge on any atom is -0.481 e. The molecule has 0 amide bonds. The molecule has 0 radical (unpaired) electrons. The van der Waals surface area contributed by atoms with Crippen LogP contribution < -0.4 is 4.74 Å². The minimum absolute atomic E-state index is 0.167. The average molecular weight is 324 g/mol. The average Bonchev–Trinajstić information content (AvgIpc) is 2.91. The topological polar surface area (TPSA) is 72.6 Å². The molecule has 7 heteroatoms. The Hall–Kier alpha value is -2.07. The second kappa shape index (κ2) is 7.09. The highest BCUT2D eigenvalue weighted by molar-refractivity contribution is 7.12. The summed E-state index contributed by atoms with van der Waals surface area (Å²) in [6.45, 7) is 0.00858. The standard InChI is InChI=1S/C14H10ClNO4S/c15-10-3-6-14(13(8-10)16(18)19)20-9-12-5-4-11(21-12)2-1-7-17/h3-6,8,17H,7,9H2. The Bertz CT molecular complexity index is 717. The van der Waals surface area contributed by atoms with E-state index in [4.69, 9.17) is 21.4 Å². The van der Waals surface area contributed by atoms with Gasteiger partial charge in [0.05, 0.1) is 9.80 Å². The van der Waals surface area contributed by atoms with Crippen LogP contribution in [0.2, 0.25) is 5.02 Å². The fraction of sp³-hybridized carbons (Fsp3) is 0.143. The van der Waals surface area contributed by atoms with E-state index in [2.05, 4.69) is 11.8 Å². The number of benzene rings is 1. The number of hydrogen-bond acceptors (Lipinski definition) is 5. The van der Waals surface area contributed by atoms with Crippen LogP contribution in [-0.2, 0) is 6.61 Å². The van der Waals surface area contributed by atoms with Crippen molar-refractivity contribution in [3.05, 3.63) is 55.2 Å². The predicted octanol–water partition coefficient (Wildman–Crippen LogP) is 3.23. The molecule has 0 saturated heterocycles. The zero-order valence-corrected chi connectivity index (χ0v) is 12.3. The molecule has 0 aliphatic rings. The van der Waals surface area contributed by atoms with Crippen LogP contribution in [0.25, 0.3) is 0 Å². The third-order valence-electron chi connectivity index (χ3n) is 2.44. The van der Waals surface area contributed by atoms with Crippen LogP contribution in [0, 0.1) is 22.0 Å². The first-order valence-corrected chi connectivity index (χ1v) is 7.05. The van der Waals surface area contributed by atoms with Crippen LogP contribution in [0.4, 0.5) is 5.69 Å². The summed E-state index contributed by atoms with van der Waals surface area (Å²) in [5.74, 6) is 5.51. The van der Waals surface area contributed by atoms with Crippen molar-refractivity contribution in [1.82, 2.24) is 0 Å². The SMILES string of the molecule is O=[N+]([O-])c1cc(Cl)ccc1OCc1ccc(C#CCO)s1. The first-order chi connectivity index (χ1) is 10.1. The maximum atomic E-state index is 10.9. The third-order valence-corrected chi connectivity index (χ3v) is 3.65. The van der Waals surface area contributed by atoms with E-state index in [-0.39, 0.29) is 29.7 Å². The van der Waals surface area contributed by atoms with Gasteiger partial charge in [0.25, 0.3) is 0 Å². The van der Waals surface area contributed by atoms with Gasteiger partial charge in [-0.15, -0.1) is 11.3 Å². The van der Waals surface area contributed by atoms with E-state index in [1.54, 1.807) is 0 Å². The van der Waals surface area contributed by atoms with Crippen LogP contribution in [0.1, 0.15) is 9.75 Å². The summed E-state index contributed by atoms with van der Waals surface area (Å²) in [7, 11) is 0. The highest BCUT2D eigenvalue weighted by Crippen LogP contribution is 2.31. The van der Waals surface area contributed by atoms with Gasteiger partial charge < -0.3 is 9.84 Å². The Morgan fingerprint density at radius 1 is 1.38 bits per heavy atom. The number of nitrogens with zero attached hydrogens (tertiary/aromatic N) is 1. The largest absolute Gasteiger partial charge is 0.481 e. The van der Waals surface area contributed by atoms with E-state index in [0.29, 0.717) is 0 Å². The highest BCUT2D eigenvalue weighted by atomic mass is 35.5. The Morgan fingerprint density at radius 3 is 2.90 bits per heavy atom. The molecule has 0 unspecified atom stereocenters. The summed E-state index contributed by atoms with van der Waals surface area (Å²) < 4.78 is 5.47. The highest BCUT2D eigenvalue weighted by Gasteiger charge is 2.15. The number of rotatable bonds is 4. The fourth-order valence-electron chi connectivity index (χ4n) is 1.55. The number of nitro groups is 1. The lowest BCUT2D eigenvalue weighted by molar-refractivity contribution is -0.385. The van der Waals surface area contributed by atoms with E-state index >= 15 is 0 Å². The van der Waals surface area contributed by atoms with Crippen LogP contribution in [0.15, 0.2) is 30.3 Å². The number of thiophene rings is 1. The lowest BCUT2D eigenvalue weighted by atomic mass is 10.3. The number of halogens is 1. The van der Waals surface area contributed by atoms with Crippen molar-refractivity contribution in [1.29, 1.82) is 0 Å². The van der Waals surface area contributed by atoms with Gasteiger partial charge in [-0.05, 0) is 24.3 Å². The number of hydrogen-bond donors (Lipinski definition) is 1. The molecule has 0 bridgehead atoms. The molecule has 0 aliphatic carbocycles. The number of nitro benzene ring substituents is 1. The maximum absolute atomic E-state index is 10.9. The van der Waals surface area contributed by atoms with Crippen molar-refractivity contribution < 1.29 is 14.8 Å². The quantitative estimate of drug-likeness (QED) is 0.532. The lowest BCUT2D eigenvalue weighted by Gasteiger charge is -2.05. The zero-order valence-electron chi connectivity index (χ0n) is 10.7. The van der Waals surface area contributed by atoms with E-state index in [1.165, 1.54) is 29.5 Å². The summed E-state index contributed by atoms with van der Waals surface area (Å²) >= 11 is 7.14. The predicted molar refractivity (Wildman–Crippen MR) is 80.7 cm³/mol. The van der Waals surface area contributed by atoms with Crippen LogP contribution >= 0.6 is 22.9 Å². The molecule has 0 atom stereocenters. The molecule has 1 aromatic heterocycles. The Balaban J connectivity index is 2.09. The first-order valence-electron chi connectivity index (χ1n) is 5.85. The van der Waals surface area contributed by atoms with E-state index in [9.17, 15) is 10.1 Å². The van der Waals surface area contributed by atoms with Crippen LogP contribution in [0.5, 0.6) is 5.75 Å². The molecule has 2 rings (SSSR count). The van der Waals surface area contributed by atoms with Gasteiger partial charge in [0.1, 0.15) is 13.2 Å². The van der Waals surface area contributed by atoms with Crippen molar-refractivity contribution in [2.45, 2.75) is 6.61 Å². The molecule has 0 spiro atoms. The van der Waals surface area contributed by atoms with Crippen molar-refractivity contribution in [3.63, 3.8) is 0 Å². The van der Waals surface area contributed by atoms with Gasteiger partial charge in [0.2, 0.25) is 0 Å². The Morgan fingerprint density at radius 2 is 2.19 bits per heavy atom. The number of ether oxygens (including phenoxy) is 1. The first kappa shape index (κ1) is 15.3. The molecule has 0 aliphatic heterocycles. The van der Waals surface area contributed by atoms with E-state index in [1.807, 2.05) is 12.1 Å². The van der Waals surface area contributed by atoms with Gasteiger partial charge in [-0.1, -0.05) is 23.4 Å². The van der Waals surface area contributed by atoms with Crippen molar-refractivity contribution in [2.75, 3.05) is 6.61 Å². The van der Waals surface area contributed by atoms with Gasteiger partial charge in [-0.25, -0.2) is 0 Å². The monoisotopic (exact) mass is 323 g/mol. The van der Waals surface area contributed by atoms with E-state index in [0.717, 1.165) is 9.75 Å². The molecule has 108 valence electrons. The molecule has 1 aromatic carbocycles. The number of aliphatic hydroxyl groups is 1. The molecule has 5 nitrogen and oxygen atoms in total.